The number of nitrogens with zero attached hydrogens (tertiary/aromatic N) is 1. The number of sulfonamides is 1. The monoisotopic (exact) mass is 329 g/mol. The van der Waals surface area contributed by atoms with E-state index in [-0.39, 0.29) is 18.6 Å². The van der Waals surface area contributed by atoms with Crippen LogP contribution < -0.4 is 0 Å². The summed E-state index contributed by atoms with van der Waals surface area (Å²) in [5.74, 6) is -0.309. The molecule has 3 fully saturated rings. The lowest BCUT2D eigenvalue weighted by Gasteiger charge is -2.48. The number of esters is 1. The van der Waals surface area contributed by atoms with Crippen molar-refractivity contribution in [2.75, 3.05) is 6.61 Å². The Morgan fingerprint density at radius 1 is 1.38 bits per heavy atom. The number of ether oxygens (including phenoxy) is 1. The Labute approximate surface area is 129 Å². The number of carbonyl (C=O) groups is 1. The van der Waals surface area contributed by atoms with Gasteiger partial charge in [-0.3, -0.25) is 4.79 Å². The van der Waals surface area contributed by atoms with E-state index >= 15 is 0 Å². The van der Waals surface area contributed by atoms with E-state index in [1.54, 1.807) is 24.4 Å². The minimum atomic E-state index is -3.61. The van der Waals surface area contributed by atoms with Gasteiger partial charge in [-0.1, -0.05) is 6.07 Å². The molecule has 3 heterocycles. The third kappa shape index (κ3) is 2.51. The van der Waals surface area contributed by atoms with E-state index in [9.17, 15) is 13.2 Å². The fourth-order valence-corrected chi connectivity index (χ4v) is 6.47. The number of thiophene rings is 1. The molecule has 21 heavy (non-hydrogen) atoms. The van der Waals surface area contributed by atoms with Gasteiger partial charge >= 0.3 is 5.97 Å². The van der Waals surface area contributed by atoms with Crippen LogP contribution in [0.5, 0.6) is 0 Å². The fourth-order valence-electron chi connectivity index (χ4n) is 3.49. The average Bonchev–Trinajstić information content (AvgIpc) is 3.02. The Bertz CT molecular complexity index is 603. The van der Waals surface area contributed by atoms with Crippen molar-refractivity contribution in [1.82, 2.24) is 4.31 Å². The highest BCUT2D eigenvalue weighted by molar-refractivity contribution is 7.91. The molecule has 1 saturated carbocycles. The summed E-state index contributed by atoms with van der Waals surface area (Å²) in [6.07, 6.45) is 3.49. The van der Waals surface area contributed by atoms with Crippen LogP contribution in [0, 0.1) is 5.92 Å². The van der Waals surface area contributed by atoms with Gasteiger partial charge in [-0.2, -0.15) is 4.31 Å². The summed E-state index contributed by atoms with van der Waals surface area (Å²) in [5, 5.41) is 1.74. The molecule has 5 nitrogen and oxygen atoms in total. The Kier molecular flexibility index (Phi) is 4.07. The van der Waals surface area contributed by atoms with Crippen molar-refractivity contribution in [1.29, 1.82) is 0 Å². The van der Waals surface area contributed by atoms with Gasteiger partial charge in [0.05, 0.1) is 6.61 Å². The van der Waals surface area contributed by atoms with E-state index in [0.29, 0.717) is 4.21 Å². The molecular weight excluding hydrogens is 310 g/mol. The lowest BCUT2D eigenvalue weighted by atomic mass is 9.76. The first-order chi connectivity index (χ1) is 10.1. The van der Waals surface area contributed by atoms with Gasteiger partial charge in [0, 0.05) is 6.04 Å². The lowest BCUT2D eigenvalue weighted by Crippen LogP contribution is -2.60. The summed E-state index contributed by atoms with van der Waals surface area (Å²) >= 11 is 1.20. The van der Waals surface area contributed by atoms with Crippen LogP contribution in [-0.2, 0) is 19.6 Å². The zero-order valence-electron chi connectivity index (χ0n) is 11.9. The average molecular weight is 329 g/mol. The molecule has 0 N–H and O–H groups in total. The van der Waals surface area contributed by atoms with Crippen molar-refractivity contribution in [2.45, 2.75) is 48.9 Å². The molecule has 1 aliphatic carbocycles. The van der Waals surface area contributed by atoms with E-state index in [2.05, 4.69) is 0 Å². The van der Waals surface area contributed by atoms with Crippen molar-refractivity contribution in [3.8, 4) is 0 Å². The summed E-state index contributed by atoms with van der Waals surface area (Å²) < 4.78 is 32.7. The summed E-state index contributed by atoms with van der Waals surface area (Å²) in [6.45, 7) is 2.02. The second-order valence-corrected chi connectivity index (χ2v) is 8.55. The van der Waals surface area contributed by atoms with E-state index < -0.39 is 22.0 Å². The van der Waals surface area contributed by atoms with Crippen LogP contribution >= 0.6 is 11.3 Å². The van der Waals surface area contributed by atoms with Crippen molar-refractivity contribution in [3.63, 3.8) is 0 Å². The molecule has 1 atom stereocenters. The molecule has 1 aromatic heterocycles. The highest BCUT2D eigenvalue weighted by Gasteiger charge is 2.51. The van der Waals surface area contributed by atoms with Crippen molar-refractivity contribution in [2.24, 2.45) is 5.92 Å². The maximum Gasteiger partial charge on any atom is 0.324 e. The van der Waals surface area contributed by atoms with E-state index in [1.807, 2.05) is 0 Å². The van der Waals surface area contributed by atoms with Gasteiger partial charge in [0.2, 0.25) is 0 Å². The number of hydrogen-bond donors (Lipinski definition) is 0. The molecule has 7 heteroatoms. The van der Waals surface area contributed by atoms with Crippen LogP contribution in [0.2, 0.25) is 0 Å². The van der Waals surface area contributed by atoms with Gasteiger partial charge in [-0.15, -0.1) is 11.3 Å². The quantitative estimate of drug-likeness (QED) is 0.795. The number of piperidine rings is 2. The summed E-state index contributed by atoms with van der Waals surface area (Å²) in [5.41, 5.74) is 0. The topological polar surface area (TPSA) is 63.7 Å². The second-order valence-electron chi connectivity index (χ2n) is 5.53. The van der Waals surface area contributed by atoms with Gasteiger partial charge in [-0.25, -0.2) is 8.42 Å². The van der Waals surface area contributed by atoms with E-state index in [0.717, 1.165) is 25.7 Å². The third-order valence-corrected chi connectivity index (χ3v) is 7.68. The van der Waals surface area contributed by atoms with Gasteiger partial charge < -0.3 is 4.74 Å². The fraction of sp³-hybridized carbons (Fsp3) is 0.643. The first kappa shape index (κ1) is 15.0. The van der Waals surface area contributed by atoms with E-state index in [4.69, 9.17) is 4.74 Å². The zero-order valence-corrected chi connectivity index (χ0v) is 13.5. The van der Waals surface area contributed by atoms with Gasteiger partial charge in [-0.05, 0) is 50.0 Å². The number of fused-ring (bicyclic) bond motifs is 3. The minimum absolute atomic E-state index is 0.0727. The van der Waals surface area contributed by atoms with Crippen LogP contribution in [-0.4, -0.2) is 37.4 Å². The lowest BCUT2D eigenvalue weighted by molar-refractivity contribution is -0.154. The van der Waals surface area contributed by atoms with Crippen molar-refractivity contribution < 1.29 is 17.9 Å². The molecule has 116 valence electrons. The van der Waals surface area contributed by atoms with Crippen LogP contribution in [0.15, 0.2) is 21.7 Å². The predicted octanol–water partition coefficient (Wildman–Crippen LogP) is 2.24. The third-order valence-electron chi connectivity index (χ3n) is 4.38. The number of rotatable bonds is 4. The van der Waals surface area contributed by atoms with Crippen LogP contribution in [0.3, 0.4) is 0 Å². The van der Waals surface area contributed by atoms with Crippen molar-refractivity contribution in [3.05, 3.63) is 17.5 Å². The molecule has 2 saturated heterocycles. The molecule has 1 unspecified atom stereocenters. The number of carbonyl (C=O) groups excluding carboxylic acids is 1. The highest BCUT2D eigenvalue weighted by atomic mass is 32.2. The van der Waals surface area contributed by atoms with E-state index in [1.165, 1.54) is 15.6 Å². The van der Waals surface area contributed by atoms with Gasteiger partial charge in [0.15, 0.2) is 0 Å². The Morgan fingerprint density at radius 3 is 2.67 bits per heavy atom. The standard InChI is InChI=1S/C14H19NO4S2/c1-2-19-14(16)13-10-5-7-11(8-6-10)15(13)21(17,18)12-4-3-9-20-12/h3-4,9-11,13H,2,5-8H2,1H3. The van der Waals surface area contributed by atoms with Gasteiger partial charge in [0.1, 0.15) is 10.3 Å². The molecule has 1 aromatic rings. The maximum atomic E-state index is 12.9. The normalized spacial score (nSPS) is 29.5. The molecule has 0 aromatic carbocycles. The second kappa shape index (κ2) is 5.70. The first-order valence-electron chi connectivity index (χ1n) is 7.29. The number of hydrogen-bond acceptors (Lipinski definition) is 5. The molecule has 3 aliphatic rings. The minimum Gasteiger partial charge on any atom is -0.465 e. The van der Waals surface area contributed by atoms with Crippen LogP contribution in [0.4, 0.5) is 0 Å². The summed E-state index contributed by atoms with van der Waals surface area (Å²) in [6, 6.07) is 2.60. The molecule has 2 aliphatic heterocycles. The molecule has 0 spiro atoms. The Hall–Kier alpha value is -0.920. The molecule has 0 radical (unpaired) electrons. The summed E-state index contributed by atoms with van der Waals surface area (Å²) in [4.78, 5) is 12.3. The highest BCUT2D eigenvalue weighted by Crippen LogP contribution is 2.43. The SMILES string of the molecule is CCOC(=O)C1C2CCC(CC2)N1S(=O)(=O)c1cccs1. The zero-order chi connectivity index (χ0) is 15.0. The Morgan fingerprint density at radius 2 is 2.10 bits per heavy atom. The molecule has 4 rings (SSSR count). The maximum absolute atomic E-state index is 12.9. The molecule has 2 bridgehead atoms. The van der Waals surface area contributed by atoms with Gasteiger partial charge in [0.25, 0.3) is 10.0 Å². The first-order valence-corrected chi connectivity index (χ1v) is 9.61. The largest absolute Gasteiger partial charge is 0.465 e. The van der Waals surface area contributed by atoms with Crippen LogP contribution in [0.25, 0.3) is 0 Å². The predicted molar refractivity (Wildman–Crippen MR) is 79.5 cm³/mol. The molecular formula is C14H19NO4S2. The molecule has 0 amide bonds. The smallest absolute Gasteiger partial charge is 0.324 e. The van der Waals surface area contributed by atoms with Crippen LogP contribution in [0.1, 0.15) is 32.6 Å². The Balaban J connectivity index is 1.99. The van der Waals surface area contributed by atoms with Crippen molar-refractivity contribution >= 4 is 27.3 Å². The summed E-state index contributed by atoms with van der Waals surface area (Å²) in [7, 11) is -3.61.